The van der Waals surface area contributed by atoms with E-state index in [1.54, 1.807) is 11.8 Å². The van der Waals surface area contributed by atoms with Gasteiger partial charge in [-0.2, -0.15) is 0 Å². The number of rotatable bonds is 11. The van der Waals surface area contributed by atoms with Gasteiger partial charge in [0.2, 0.25) is 0 Å². The van der Waals surface area contributed by atoms with Gasteiger partial charge in [-0.3, -0.25) is 4.79 Å². The number of urea groups is 1. The smallest absolute Gasteiger partial charge is 0.325 e. The van der Waals surface area contributed by atoms with Gasteiger partial charge in [-0.25, -0.2) is 4.79 Å². The summed E-state index contributed by atoms with van der Waals surface area (Å²) in [6, 6.07) is 17.5. The van der Waals surface area contributed by atoms with Gasteiger partial charge in [-0.15, -0.1) is 0 Å². The summed E-state index contributed by atoms with van der Waals surface area (Å²) >= 11 is 0. The predicted molar refractivity (Wildman–Crippen MR) is 113 cm³/mol. The Morgan fingerprint density at radius 2 is 1.69 bits per heavy atom. The average Bonchev–Trinajstić information content (AvgIpc) is 2.75. The number of amides is 2. The van der Waals surface area contributed by atoms with E-state index in [0.29, 0.717) is 26.3 Å². The third-order valence-electron chi connectivity index (χ3n) is 4.30. The quantitative estimate of drug-likeness (QED) is 0.578. The van der Waals surface area contributed by atoms with Crippen molar-refractivity contribution in [2.75, 3.05) is 19.7 Å². The molecular formula is C23H30N2O4. The molecule has 0 atom stereocenters. The summed E-state index contributed by atoms with van der Waals surface area (Å²) < 4.78 is 10.7. The zero-order chi connectivity index (χ0) is 20.9. The third-order valence-corrected chi connectivity index (χ3v) is 4.30. The first kappa shape index (κ1) is 22.3. The number of benzene rings is 2. The van der Waals surface area contributed by atoms with Crippen LogP contribution in [0.3, 0.4) is 0 Å². The van der Waals surface area contributed by atoms with Crippen LogP contribution < -0.4 is 10.1 Å². The van der Waals surface area contributed by atoms with Crippen molar-refractivity contribution < 1.29 is 19.1 Å². The zero-order valence-corrected chi connectivity index (χ0v) is 17.2. The SMILES string of the molecule is CCCCN(Cc1ccc(OCc2ccccc2)cc1)C(=O)NCC(=O)OCC. The van der Waals surface area contributed by atoms with Crippen LogP contribution in [-0.2, 0) is 22.7 Å². The summed E-state index contributed by atoms with van der Waals surface area (Å²) in [5.41, 5.74) is 2.11. The normalized spacial score (nSPS) is 10.3. The van der Waals surface area contributed by atoms with Gasteiger partial charge in [0, 0.05) is 13.1 Å². The van der Waals surface area contributed by atoms with Crippen molar-refractivity contribution in [2.45, 2.75) is 39.8 Å². The highest BCUT2D eigenvalue weighted by Crippen LogP contribution is 2.16. The number of esters is 1. The maximum absolute atomic E-state index is 12.5. The summed E-state index contributed by atoms with van der Waals surface area (Å²) in [6.07, 6.45) is 1.87. The predicted octanol–water partition coefficient (Wildman–Crippen LogP) is 4.14. The maximum atomic E-state index is 12.5. The lowest BCUT2D eigenvalue weighted by atomic mass is 10.2. The van der Waals surface area contributed by atoms with Crippen LogP contribution in [0.2, 0.25) is 0 Å². The second-order valence-corrected chi connectivity index (χ2v) is 6.66. The van der Waals surface area contributed by atoms with Gasteiger partial charge in [0.25, 0.3) is 0 Å². The average molecular weight is 399 g/mol. The second kappa shape index (κ2) is 12.4. The van der Waals surface area contributed by atoms with Crippen molar-refractivity contribution in [3.8, 4) is 5.75 Å². The van der Waals surface area contributed by atoms with Crippen LogP contribution >= 0.6 is 0 Å². The molecule has 0 aliphatic rings. The fourth-order valence-corrected chi connectivity index (χ4v) is 2.73. The number of hydrogen-bond donors (Lipinski definition) is 1. The number of nitrogens with one attached hydrogen (secondary N) is 1. The summed E-state index contributed by atoms with van der Waals surface area (Å²) in [6.45, 7) is 5.59. The van der Waals surface area contributed by atoms with E-state index in [2.05, 4.69) is 12.2 Å². The summed E-state index contributed by atoms with van der Waals surface area (Å²) in [5.74, 6) is 0.348. The molecule has 0 aromatic heterocycles. The lowest BCUT2D eigenvalue weighted by Crippen LogP contribution is -2.42. The Hall–Kier alpha value is -3.02. The summed E-state index contributed by atoms with van der Waals surface area (Å²) in [5, 5.41) is 2.63. The monoisotopic (exact) mass is 398 g/mol. The number of carbonyl (C=O) groups is 2. The molecule has 0 unspecified atom stereocenters. The van der Waals surface area contributed by atoms with E-state index in [9.17, 15) is 9.59 Å². The van der Waals surface area contributed by atoms with Gasteiger partial charge < -0.3 is 19.7 Å². The number of nitrogens with zero attached hydrogens (tertiary/aromatic N) is 1. The minimum atomic E-state index is -0.434. The molecule has 0 saturated heterocycles. The van der Waals surface area contributed by atoms with Crippen molar-refractivity contribution >= 4 is 12.0 Å². The van der Waals surface area contributed by atoms with Crippen LogP contribution in [-0.4, -0.2) is 36.6 Å². The Morgan fingerprint density at radius 3 is 2.34 bits per heavy atom. The minimum absolute atomic E-state index is 0.123. The standard InChI is InChI=1S/C23H30N2O4/c1-3-5-15-25(23(27)24-16-22(26)28-4-2)17-19-11-13-21(14-12-19)29-18-20-9-7-6-8-10-20/h6-14H,3-5,15-18H2,1-2H3,(H,24,27). The molecule has 0 aliphatic heterocycles. The van der Waals surface area contributed by atoms with E-state index in [0.717, 1.165) is 29.7 Å². The van der Waals surface area contributed by atoms with E-state index in [1.165, 1.54) is 0 Å². The number of hydrogen-bond acceptors (Lipinski definition) is 4. The molecule has 6 nitrogen and oxygen atoms in total. The Morgan fingerprint density at radius 1 is 0.966 bits per heavy atom. The van der Waals surface area contributed by atoms with E-state index in [-0.39, 0.29) is 12.6 Å². The van der Waals surface area contributed by atoms with Crippen LogP contribution in [0.5, 0.6) is 5.75 Å². The lowest BCUT2D eigenvalue weighted by Gasteiger charge is -2.23. The Labute approximate surface area is 172 Å². The molecule has 2 aromatic rings. The molecule has 1 N–H and O–H groups in total. The molecule has 0 aliphatic carbocycles. The van der Waals surface area contributed by atoms with Crippen molar-refractivity contribution in [2.24, 2.45) is 0 Å². The van der Waals surface area contributed by atoms with Crippen LogP contribution in [0, 0.1) is 0 Å². The summed E-state index contributed by atoms with van der Waals surface area (Å²) in [7, 11) is 0. The molecular weight excluding hydrogens is 368 g/mol. The van der Waals surface area contributed by atoms with E-state index < -0.39 is 5.97 Å². The van der Waals surface area contributed by atoms with Gasteiger partial charge in [-0.1, -0.05) is 55.8 Å². The van der Waals surface area contributed by atoms with Gasteiger partial charge in [0.05, 0.1) is 6.61 Å². The number of ether oxygens (including phenoxy) is 2. The Kier molecular flexibility index (Phi) is 9.55. The van der Waals surface area contributed by atoms with Crippen LogP contribution in [0.25, 0.3) is 0 Å². The van der Waals surface area contributed by atoms with Gasteiger partial charge in [-0.05, 0) is 36.6 Å². The highest BCUT2D eigenvalue weighted by atomic mass is 16.5. The highest BCUT2D eigenvalue weighted by molar-refractivity contribution is 5.80. The number of unbranched alkanes of at least 4 members (excludes halogenated alkanes) is 1. The van der Waals surface area contributed by atoms with Crippen LogP contribution in [0.4, 0.5) is 4.79 Å². The molecule has 0 heterocycles. The van der Waals surface area contributed by atoms with Gasteiger partial charge in [0.15, 0.2) is 0 Å². The fourth-order valence-electron chi connectivity index (χ4n) is 2.73. The molecule has 0 radical (unpaired) electrons. The zero-order valence-electron chi connectivity index (χ0n) is 17.2. The third kappa shape index (κ3) is 8.25. The maximum Gasteiger partial charge on any atom is 0.325 e. The first-order chi connectivity index (χ1) is 14.1. The van der Waals surface area contributed by atoms with E-state index >= 15 is 0 Å². The molecule has 2 aromatic carbocycles. The molecule has 0 spiro atoms. The molecule has 0 bridgehead atoms. The van der Waals surface area contributed by atoms with E-state index in [4.69, 9.17) is 9.47 Å². The largest absolute Gasteiger partial charge is 0.489 e. The summed E-state index contributed by atoms with van der Waals surface area (Å²) in [4.78, 5) is 25.7. The number of carbonyl (C=O) groups excluding carboxylic acids is 2. The van der Waals surface area contributed by atoms with Gasteiger partial charge in [0.1, 0.15) is 18.9 Å². The molecule has 156 valence electrons. The Balaban J connectivity index is 1.90. The molecule has 2 amide bonds. The first-order valence-electron chi connectivity index (χ1n) is 10.1. The fraction of sp³-hybridized carbons (Fsp3) is 0.391. The van der Waals surface area contributed by atoms with Gasteiger partial charge >= 0.3 is 12.0 Å². The van der Waals surface area contributed by atoms with E-state index in [1.807, 2.05) is 54.6 Å². The van der Waals surface area contributed by atoms with Crippen molar-refractivity contribution in [3.05, 3.63) is 65.7 Å². The molecule has 6 heteroatoms. The second-order valence-electron chi connectivity index (χ2n) is 6.66. The van der Waals surface area contributed by atoms with Crippen LogP contribution in [0.1, 0.15) is 37.8 Å². The molecule has 0 fully saturated rings. The Bertz CT molecular complexity index is 747. The highest BCUT2D eigenvalue weighted by Gasteiger charge is 2.15. The minimum Gasteiger partial charge on any atom is -0.489 e. The topological polar surface area (TPSA) is 67.9 Å². The molecule has 29 heavy (non-hydrogen) atoms. The van der Waals surface area contributed by atoms with Crippen molar-refractivity contribution in [1.82, 2.24) is 10.2 Å². The van der Waals surface area contributed by atoms with Crippen LogP contribution in [0.15, 0.2) is 54.6 Å². The van der Waals surface area contributed by atoms with Crippen molar-refractivity contribution in [1.29, 1.82) is 0 Å². The molecule has 0 saturated carbocycles. The van der Waals surface area contributed by atoms with Crippen molar-refractivity contribution in [3.63, 3.8) is 0 Å². The lowest BCUT2D eigenvalue weighted by molar-refractivity contribution is -0.141. The first-order valence-corrected chi connectivity index (χ1v) is 10.1. The molecule has 2 rings (SSSR count).